The van der Waals surface area contributed by atoms with Gasteiger partial charge in [0.15, 0.2) is 0 Å². The van der Waals surface area contributed by atoms with Crippen molar-refractivity contribution in [2.75, 3.05) is 5.32 Å². The zero-order valence-electron chi connectivity index (χ0n) is 17.3. The van der Waals surface area contributed by atoms with Crippen LogP contribution in [-0.4, -0.2) is 28.7 Å². The van der Waals surface area contributed by atoms with E-state index in [1.807, 2.05) is 30.3 Å². The van der Waals surface area contributed by atoms with Crippen molar-refractivity contribution in [1.82, 2.24) is 5.32 Å². The topological polar surface area (TPSA) is 90.8 Å². The van der Waals surface area contributed by atoms with Crippen LogP contribution in [-0.2, 0) is 11.2 Å². The van der Waals surface area contributed by atoms with Crippen LogP contribution in [0.2, 0.25) is 0 Å². The number of amides is 1. The SMILES string of the molecule is O=C1C(N[C@H](Cc2ccccc2)C(=O)Nc2ccc(F)c(Br)c2)=CC(=NO)c2ccccc21. The number of nitrogens with one attached hydrogen (secondary N) is 2. The van der Waals surface area contributed by atoms with Gasteiger partial charge in [-0.25, -0.2) is 4.39 Å². The van der Waals surface area contributed by atoms with E-state index in [-0.39, 0.29) is 28.1 Å². The molecular weight excluding hydrogens is 489 g/mol. The van der Waals surface area contributed by atoms with Crippen molar-refractivity contribution in [1.29, 1.82) is 0 Å². The Morgan fingerprint density at radius 1 is 1.03 bits per heavy atom. The molecule has 0 bridgehead atoms. The average Bonchev–Trinajstić information content (AvgIpc) is 2.83. The monoisotopic (exact) mass is 507 g/mol. The second kappa shape index (κ2) is 9.79. The molecule has 4 rings (SSSR count). The summed E-state index contributed by atoms with van der Waals surface area (Å²) in [6.07, 6.45) is 1.71. The Hall–Kier alpha value is -3.78. The molecule has 0 aliphatic heterocycles. The number of fused-ring (bicyclic) bond motifs is 1. The molecule has 0 saturated heterocycles. The van der Waals surface area contributed by atoms with Crippen molar-refractivity contribution in [3.05, 3.63) is 112 Å². The Morgan fingerprint density at radius 3 is 2.42 bits per heavy atom. The highest BCUT2D eigenvalue weighted by Gasteiger charge is 2.28. The van der Waals surface area contributed by atoms with Gasteiger partial charge < -0.3 is 15.8 Å². The Bertz CT molecular complexity index is 1270. The van der Waals surface area contributed by atoms with Gasteiger partial charge in [0.2, 0.25) is 11.7 Å². The van der Waals surface area contributed by atoms with Gasteiger partial charge in [0, 0.05) is 23.2 Å². The average molecular weight is 508 g/mol. The van der Waals surface area contributed by atoms with Crippen LogP contribution < -0.4 is 10.6 Å². The molecular formula is C25H19BrFN3O3. The van der Waals surface area contributed by atoms with Crippen LogP contribution in [0.25, 0.3) is 0 Å². The van der Waals surface area contributed by atoms with Gasteiger partial charge in [0.1, 0.15) is 17.6 Å². The highest BCUT2D eigenvalue weighted by Crippen LogP contribution is 2.23. The number of allylic oxidation sites excluding steroid dienone is 2. The van der Waals surface area contributed by atoms with Gasteiger partial charge in [-0.05, 0) is 45.8 Å². The summed E-state index contributed by atoms with van der Waals surface area (Å²) >= 11 is 3.11. The van der Waals surface area contributed by atoms with Crippen LogP contribution in [0.3, 0.4) is 0 Å². The van der Waals surface area contributed by atoms with E-state index >= 15 is 0 Å². The lowest BCUT2D eigenvalue weighted by molar-refractivity contribution is -0.117. The van der Waals surface area contributed by atoms with Gasteiger partial charge in [0.05, 0.1) is 10.2 Å². The van der Waals surface area contributed by atoms with Crippen molar-refractivity contribution in [3.63, 3.8) is 0 Å². The Balaban J connectivity index is 1.63. The molecule has 0 radical (unpaired) electrons. The van der Waals surface area contributed by atoms with E-state index in [0.717, 1.165) is 5.56 Å². The molecule has 3 N–H and O–H groups in total. The number of Topliss-reactive ketones (excluding diaryl/α,β-unsaturated/α-hetero) is 1. The minimum Gasteiger partial charge on any atom is -0.410 e. The zero-order valence-corrected chi connectivity index (χ0v) is 18.8. The van der Waals surface area contributed by atoms with E-state index in [2.05, 4.69) is 31.7 Å². The number of anilines is 1. The fourth-order valence-electron chi connectivity index (χ4n) is 3.57. The number of carbonyl (C=O) groups excluding carboxylic acids is 2. The van der Waals surface area contributed by atoms with E-state index in [0.29, 0.717) is 16.8 Å². The molecule has 0 heterocycles. The highest BCUT2D eigenvalue weighted by atomic mass is 79.9. The molecule has 3 aromatic carbocycles. The largest absolute Gasteiger partial charge is 0.410 e. The molecule has 166 valence electrons. The van der Waals surface area contributed by atoms with Crippen molar-refractivity contribution in [2.45, 2.75) is 12.5 Å². The van der Waals surface area contributed by atoms with E-state index < -0.39 is 17.8 Å². The van der Waals surface area contributed by atoms with Crippen LogP contribution >= 0.6 is 15.9 Å². The van der Waals surface area contributed by atoms with Crippen LogP contribution in [0, 0.1) is 5.82 Å². The van der Waals surface area contributed by atoms with Crippen molar-refractivity contribution >= 4 is 39.0 Å². The molecule has 0 fully saturated rings. The van der Waals surface area contributed by atoms with Crippen molar-refractivity contribution in [3.8, 4) is 0 Å². The standard InChI is InChI=1S/C25H19BrFN3O3/c26-19-13-16(10-11-20(19)27)28-25(32)23(12-15-6-2-1-3-7-15)29-22-14-21(30-33)17-8-4-5-9-18(17)24(22)31/h1-11,13-14,23,29,33H,12H2,(H,28,32)/t23-/m1/s1. The highest BCUT2D eigenvalue weighted by molar-refractivity contribution is 9.10. The minimum absolute atomic E-state index is 0.137. The van der Waals surface area contributed by atoms with Crippen molar-refractivity contribution in [2.24, 2.45) is 5.16 Å². The molecule has 0 spiro atoms. The summed E-state index contributed by atoms with van der Waals surface area (Å²) in [6.45, 7) is 0. The van der Waals surface area contributed by atoms with E-state index in [1.165, 1.54) is 24.3 Å². The minimum atomic E-state index is -0.836. The molecule has 1 aliphatic carbocycles. The maximum absolute atomic E-state index is 13.6. The van der Waals surface area contributed by atoms with E-state index in [1.54, 1.807) is 24.3 Å². The fraction of sp³-hybridized carbons (Fsp3) is 0.0800. The van der Waals surface area contributed by atoms with E-state index in [4.69, 9.17) is 0 Å². The molecule has 3 aromatic rings. The third-order valence-electron chi connectivity index (χ3n) is 5.20. The first kappa shape index (κ1) is 22.4. The number of oxime groups is 1. The normalized spacial score (nSPS) is 14.9. The first-order valence-corrected chi connectivity index (χ1v) is 10.9. The number of hydrogen-bond acceptors (Lipinski definition) is 5. The smallest absolute Gasteiger partial charge is 0.247 e. The van der Waals surface area contributed by atoms with Crippen molar-refractivity contribution < 1.29 is 19.2 Å². The lowest BCUT2D eigenvalue weighted by Crippen LogP contribution is -2.44. The number of carbonyl (C=O) groups is 2. The first-order chi connectivity index (χ1) is 16.0. The molecule has 0 unspecified atom stereocenters. The second-order valence-corrected chi connectivity index (χ2v) is 8.28. The summed E-state index contributed by atoms with van der Waals surface area (Å²) in [7, 11) is 0. The van der Waals surface area contributed by atoms with Gasteiger partial charge in [-0.3, -0.25) is 9.59 Å². The predicted molar refractivity (Wildman–Crippen MR) is 127 cm³/mol. The van der Waals surface area contributed by atoms with Crippen LogP contribution in [0.5, 0.6) is 0 Å². The molecule has 0 aromatic heterocycles. The molecule has 33 heavy (non-hydrogen) atoms. The first-order valence-electron chi connectivity index (χ1n) is 10.1. The van der Waals surface area contributed by atoms with E-state index in [9.17, 15) is 19.2 Å². The zero-order chi connectivity index (χ0) is 23.4. The summed E-state index contributed by atoms with van der Waals surface area (Å²) in [6, 6.07) is 19.5. The lowest BCUT2D eigenvalue weighted by Gasteiger charge is -2.24. The predicted octanol–water partition coefficient (Wildman–Crippen LogP) is 4.69. The number of benzene rings is 3. The van der Waals surface area contributed by atoms with Gasteiger partial charge >= 0.3 is 0 Å². The van der Waals surface area contributed by atoms with Crippen LogP contribution in [0.4, 0.5) is 10.1 Å². The Morgan fingerprint density at radius 2 is 1.73 bits per heavy atom. The summed E-state index contributed by atoms with van der Waals surface area (Å²) < 4.78 is 13.8. The molecule has 1 aliphatic rings. The van der Waals surface area contributed by atoms with Gasteiger partial charge in [-0.1, -0.05) is 59.8 Å². The maximum atomic E-state index is 13.6. The lowest BCUT2D eigenvalue weighted by atomic mass is 9.91. The maximum Gasteiger partial charge on any atom is 0.247 e. The number of ketones is 1. The van der Waals surface area contributed by atoms with Crippen LogP contribution in [0.1, 0.15) is 21.5 Å². The van der Waals surface area contributed by atoms with Gasteiger partial charge in [-0.15, -0.1) is 0 Å². The summed E-state index contributed by atoms with van der Waals surface area (Å²) in [4.78, 5) is 26.3. The number of halogens is 2. The van der Waals surface area contributed by atoms with Crippen LogP contribution in [0.15, 0.2) is 94.2 Å². The molecule has 0 saturated carbocycles. The number of hydrogen-bond donors (Lipinski definition) is 3. The third kappa shape index (κ3) is 5.01. The van der Waals surface area contributed by atoms with Gasteiger partial charge in [0.25, 0.3) is 0 Å². The van der Waals surface area contributed by atoms with Gasteiger partial charge in [-0.2, -0.15) is 0 Å². The number of nitrogens with zero attached hydrogens (tertiary/aromatic N) is 1. The summed E-state index contributed by atoms with van der Waals surface area (Å²) in [5.74, 6) is -1.17. The fourth-order valence-corrected chi connectivity index (χ4v) is 3.95. The Kier molecular flexibility index (Phi) is 6.65. The number of rotatable bonds is 6. The summed E-state index contributed by atoms with van der Waals surface area (Å²) in [5, 5.41) is 18.5. The molecule has 8 heteroatoms. The quantitative estimate of drug-likeness (QED) is 0.333. The summed E-state index contributed by atoms with van der Waals surface area (Å²) in [5.41, 5.74) is 2.52. The second-order valence-electron chi connectivity index (χ2n) is 7.42. The molecule has 1 amide bonds. The molecule has 6 nitrogen and oxygen atoms in total. The Labute approximate surface area is 198 Å². The third-order valence-corrected chi connectivity index (χ3v) is 5.80. The molecule has 1 atom stereocenters.